The molecule has 2 atom stereocenters. The van der Waals surface area contributed by atoms with Crippen molar-refractivity contribution < 1.29 is 19.1 Å². The summed E-state index contributed by atoms with van der Waals surface area (Å²) in [7, 11) is 0. The van der Waals surface area contributed by atoms with Gasteiger partial charge in [-0.15, -0.1) is 0 Å². The second-order valence-electron chi connectivity index (χ2n) is 6.19. The molecule has 0 aromatic heterocycles. The van der Waals surface area contributed by atoms with E-state index in [0.717, 1.165) is 5.56 Å². The molecule has 1 aliphatic rings. The van der Waals surface area contributed by atoms with Gasteiger partial charge in [-0.2, -0.15) is 0 Å². The molecule has 5 nitrogen and oxygen atoms in total. The minimum Gasteiger partial charge on any atom is -0.456 e. The molecule has 1 N–H and O–H groups in total. The quantitative estimate of drug-likeness (QED) is 0.646. The molecule has 0 unspecified atom stereocenters. The van der Waals surface area contributed by atoms with E-state index in [1.807, 2.05) is 30.3 Å². The lowest BCUT2D eigenvalue weighted by Gasteiger charge is -2.24. The van der Waals surface area contributed by atoms with E-state index in [0.29, 0.717) is 24.3 Å². The Hall–Kier alpha value is -2.30. The first-order valence-corrected chi connectivity index (χ1v) is 7.81. The van der Waals surface area contributed by atoms with Crippen molar-refractivity contribution in [2.45, 2.75) is 45.4 Å². The van der Waals surface area contributed by atoms with Crippen LogP contribution in [-0.2, 0) is 20.9 Å². The normalized spacial score (nSPS) is 18.7. The predicted octanol–water partition coefficient (Wildman–Crippen LogP) is 3.20. The van der Waals surface area contributed by atoms with E-state index in [1.54, 1.807) is 0 Å². The monoisotopic (exact) mass is 317 g/mol. The number of carbonyl (C=O) groups is 2. The van der Waals surface area contributed by atoms with Gasteiger partial charge in [-0.25, -0.2) is 9.59 Å². The standard InChI is InChI=1S/C18H23NO4/c1-12(2)9-15(16-10-13(3)17(20)23-16)19-18(21)22-11-14-7-5-4-6-8-14/h4-8,12,15-16H,3,9-11H2,1-2H3,(H,19,21)/t15-,16+/m0/s1. The molecule has 1 amide bonds. The second kappa shape index (κ2) is 7.81. The lowest BCUT2D eigenvalue weighted by molar-refractivity contribution is -0.140. The molecule has 0 aliphatic carbocycles. The van der Waals surface area contributed by atoms with E-state index in [1.165, 1.54) is 0 Å². The number of ether oxygens (including phenoxy) is 2. The first-order valence-electron chi connectivity index (χ1n) is 7.81. The molecular formula is C18H23NO4. The second-order valence-corrected chi connectivity index (χ2v) is 6.19. The molecule has 2 rings (SSSR count). The maximum atomic E-state index is 12.0. The average molecular weight is 317 g/mol. The smallest absolute Gasteiger partial charge is 0.407 e. The molecule has 0 saturated carbocycles. The summed E-state index contributed by atoms with van der Waals surface area (Å²) >= 11 is 0. The van der Waals surface area contributed by atoms with Crippen LogP contribution in [0.1, 0.15) is 32.3 Å². The van der Waals surface area contributed by atoms with Gasteiger partial charge in [0, 0.05) is 12.0 Å². The molecule has 23 heavy (non-hydrogen) atoms. The van der Waals surface area contributed by atoms with Crippen LogP contribution in [0.3, 0.4) is 0 Å². The van der Waals surface area contributed by atoms with Crippen LogP contribution in [0.5, 0.6) is 0 Å². The minimum absolute atomic E-state index is 0.207. The minimum atomic E-state index is -0.506. The summed E-state index contributed by atoms with van der Waals surface area (Å²) in [6.07, 6.45) is 0.260. The highest BCUT2D eigenvalue weighted by molar-refractivity contribution is 5.90. The SMILES string of the molecule is C=C1C[C@H]([C@H](CC(C)C)NC(=O)OCc2ccccc2)OC1=O. The van der Waals surface area contributed by atoms with Crippen LogP contribution < -0.4 is 5.32 Å². The molecule has 1 aliphatic heterocycles. The van der Waals surface area contributed by atoms with E-state index in [2.05, 4.69) is 25.7 Å². The molecule has 1 heterocycles. The molecule has 1 saturated heterocycles. The third-order valence-corrected chi connectivity index (χ3v) is 3.68. The van der Waals surface area contributed by atoms with Crippen molar-refractivity contribution >= 4 is 12.1 Å². The zero-order chi connectivity index (χ0) is 16.8. The fourth-order valence-corrected chi connectivity index (χ4v) is 2.54. The third-order valence-electron chi connectivity index (χ3n) is 3.68. The van der Waals surface area contributed by atoms with E-state index in [9.17, 15) is 9.59 Å². The topological polar surface area (TPSA) is 64.6 Å². The van der Waals surface area contributed by atoms with Crippen molar-refractivity contribution in [3.05, 3.63) is 48.0 Å². The molecule has 0 bridgehead atoms. The van der Waals surface area contributed by atoms with Crippen LogP contribution in [0.15, 0.2) is 42.5 Å². The van der Waals surface area contributed by atoms with Gasteiger partial charge in [0.25, 0.3) is 0 Å². The molecule has 1 fully saturated rings. The summed E-state index contributed by atoms with van der Waals surface area (Å²) in [4.78, 5) is 23.5. The summed E-state index contributed by atoms with van der Waals surface area (Å²) < 4.78 is 10.5. The first kappa shape index (κ1) is 17.1. The lowest BCUT2D eigenvalue weighted by Crippen LogP contribution is -2.44. The number of hydrogen-bond acceptors (Lipinski definition) is 4. The Labute approximate surface area is 136 Å². The Balaban J connectivity index is 1.90. The van der Waals surface area contributed by atoms with Gasteiger partial charge in [0.2, 0.25) is 0 Å². The molecule has 5 heteroatoms. The molecule has 1 aromatic rings. The van der Waals surface area contributed by atoms with Crippen LogP contribution in [0.4, 0.5) is 4.79 Å². The van der Waals surface area contributed by atoms with Crippen molar-refractivity contribution in [1.82, 2.24) is 5.32 Å². The van der Waals surface area contributed by atoms with Gasteiger partial charge in [0.15, 0.2) is 0 Å². The third kappa shape index (κ3) is 5.13. The Morgan fingerprint density at radius 1 is 1.39 bits per heavy atom. The number of nitrogens with one attached hydrogen (secondary N) is 1. The summed E-state index contributed by atoms with van der Waals surface area (Å²) in [5.74, 6) is -0.0369. The van der Waals surface area contributed by atoms with Crippen LogP contribution in [0.25, 0.3) is 0 Å². The molecule has 1 aromatic carbocycles. The number of hydrogen-bond donors (Lipinski definition) is 1. The highest BCUT2D eigenvalue weighted by atomic mass is 16.6. The maximum Gasteiger partial charge on any atom is 0.407 e. The zero-order valence-electron chi connectivity index (χ0n) is 13.6. The zero-order valence-corrected chi connectivity index (χ0v) is 13.6. The average Bonchev–Trinajstić information content (AvgIpc) is 2.85. The maximum absolute atomic E-state index is 12.0. The molecular weight excluding hydrogens is 294 g/mol. The van der Waals surface area contributed by atoms with Gasteiger partial charge in [-0.1, -0.05) is 50.8 Å². The van der Waals surface area contributed by atoms with Gasteiger partial charge in [-0.05, 0) is 17.9 Å². The highest BCUT2D eigenvalue weighted by Crippen LogP contribution is 2.24. The molecule has 0 spiro atoms. The predicted molar refractivity (Wildman–Crippen MR) is 86.6 cm³/mol. The molecule has 124 valence electrons. The number of cyclic esters (lactones) is 1. The van der Waals surface area contributed by atoms with Crippen LogP contribution >= 0.6 is 0 Å². The Morgan fingerprint density at radius 2 is 2.09 bits per heavy atom. The van der Waals surface area contributed by atoms with Gasteiger partial charge < -0.3 is 14.8 Å². The number of carbonyl (C=O) groups excluding carboxylic acids is 2. The summed E-state index contributed by atoms with van der Waals surface area (Å²) in [5, 5.41) is 2.82. The Morgan fingerprint density at radius 3 is 2.65 bits per heavy atom. The van der Waals surface area contributed by atoms with Crippen molar-refractivity contribution in [2.24, 2.45) is 5.92 Å². The number of amides is 1. The van der Waals surface area contributed by atoms with E-state index in [-0.39, 0.29) is 24.7 Å². The summed E-state index contributed by atoms with van der Waals surface area (Å²) in [5.41, 5.74) is 1.37. The van der Waals surface area contributed by atoms with Crippen LogP contribution in [-0.4, -0.2) is 24.2 Å². The lowest BCUT2D eigenvalue weighted by atomic mass is 9.97. The number of benzene rings is 1. The summed E-state index contributed by atoms with van der Waals surface area (Å²) in [6, 6.07) is 9.19. The van der Waals surface area contributed by atoms with Gasteiger partial charge >= 0.3 is 12.1 Å². The highest BCUT2D eigenvalue weighted by Gasteiger charge is 2.35. The van der Waals surface area contributed by atoms with E-state index in [4.69, 9.17) is 9.47 Å². The van der Waals surface area contributed by atoms with E-state index < -0.39 is 6.09 Å². The van der Waals surface area contributed by atoms with Crippen molar-refractivity contribution in [3.8, 4) is 0 Å². The van der Waals surface area contributed by atoms with Gasteiger partial charge in [0.1, 0.15) is 12.7 Å². The van der Waals surface area contributed by atoms with Gasteiger partial charge in [0.05, 0.1) is 6.04 Å². The fraction of sp³-hybridized carbons (Fsp3) is 0.444. The van der Waals surface area contributed by atoms with Crippen molar-refractivity contribution in [3.63, 3.8) is 0 Å². The summed E-state index contributed by atoms with van der Waals surface area (Å²) in [6.45, 7) is 7.99. The number of rotatable bonds is 6. The Kier molecular flexibility index (Phi) is 5.79. The number of esters is 1. The van der Waals surface area contributed by atoms with Gasteiger partial charge in [-0.3, -0.25) is 0 Å². The van der Waals surface area contributed by atoms with Crippen molar-refractivity contribution in [1.29, 1.82) is 0 Å². The fourth-order valence-electron chi connectivity index (χ4n) is 2.54. The van der Waals surface area contributed by atoms with Crippen LogP contribution in [0, 0.1) is 5.92 Å². The first-order chi connectivity index (χ1) is 11.0. The number of alkyl carbamates (subject to hydrolysis) is 1. The van der Waals surface area contributed by atoms with Crippen molar-refractivity contribution in [2.75, 3.05) is 0 Å². The Bertz CT molecular complexity index is 552. The van der Waals surface area contributed by atoms with E-state index >= 15 is 0 Å². The largest absolute Gasteiger partial charge is 0.456 e. The molecule has 0 radical (unpaired) electrons. The van der Waals surface area contributed by atoms with Crippen LogP contribution in [0.2, 0.25) is 0 Å².